The highest BCUT2D eigenvalue weighted by atomic mass is 16.1. The Kier molecular flexibility index (Phi) is 2.58. The van der Waals surface area contributed by atoms with E-state index in [9.17, 15) is 4.79 Å². The molecule has 0 aliphatic heterocycles. The molecule has 2 rings (SSSR count). The number of carbonyl (C=O) groups is 1. The Balaban J connectivity index is 2.29. The predicted molar refractivity (Wildman–Crippen MR) is 58.8 cm³/mol. The average Bonchev–Trinajstić information content (AvgIpc) is 2.15. The van der Waals surface area contributed by atoms with E-state index in [0.29, 0.717) is 17.4 Å². The number of rotatable bonds is 3. The molecule has 0 radical (unpaired) electrons. The molecule has 0 unspecified atom stereocenters. The van der Waals surface area contributed by atoms with E-state index in [4.69, 9.17) is 5.73 Å². The first-order valence-electron chi connectivity index (χ1n) is 5.18. The monoisotopic (exact) mass is 205 g/mol. The van der Waals surface area contributed by atoms with Gasteiger partial charge in [0.05, 0.1) is 5.56 Å². The molecule has 4 heteroatoms. The first kappa shape index (κ1) is 9.96. The van der Waals surface area contributed by atoms with Gasteiger partial charge in [0.15, 0.2) is 0 Å². The van der Waals surface area contributed by atoms with E-state index in [1.165, 1.54) is 19.3 Å². The van der Waals surface area contributed by atoms with Crippen LogP contribution in [0.3, 0.4) is 0 Å². The van der Waals surface area contributed by atoms with Gasteiger partial charge in [-0.25, -0.2) is 4.98 Å². The molecule has 0 atom stereocenters. The lowest BCUT2D eigenvalue weighted by atomic mass is 9.91. The molecule has 1 amide bonds. The summed E-state index contributed by atoms with van der Waals surface area (Å²) in [5, 5.41) is 0. The number of anilines is 1. The Morgan fingerprint density at radius 3 is 2.87 bits per heavy atom. The van der Waals surface area contributed by atoms with E-state index < -0.39 is 5.91 Å². The average molecular weight is 205 g/mol. The molecule has 15 heavy (non-hydrogen) atoms. The minimum absolute atomic E-state index is 0.413. The summed E-state index contributed by atoms with van der Waals surface area (Å²) < 4.78 is 0. The van der Waals surface area contributed by atoms with Crippen molar-refractivity contribution in [3.63, 3.8) is 0 Å². The number of nitrogens with zero attached hydrogens (tertiary/aromatic N) is 2. The molecule has 80 valence electrons. The summed E-state index contributed by atoms with van der Waals surface area (Å²) in [5.74, 6) is 0.291. The molecule has 0 saturated heterocycles. The maximum atomic E-state index is 11.2. The number of hydrogen-bond acceptors (Lipinski definition) is 3. The second kappa shape index (κ2) is 3.88. The predicted octanol–water partition coefficient (Wildman–Crippen LogP) is 1.17. The van der Waals surface area contributed by atoms with Gasteiger partial charge in [-0.05, 0) is 31.4 Å². The Labute approximate surface area is 89.1 Å². The summed E-state index contributed by atoms with van der Waals surface area (Å²) in [5.41, 5.74) is 5.81. The van der Waals surface area contributed by atoms with Crippen LogP contribution in [-0.4, -0.2) is 24.0 Å². The third kappa shape index (κ3) is 1.79. The van der Waals surface area contributed by atoms with Gasteiger partial charge in [0.25, 0.3) is 5.91 Å². The van der Waals surface area contributed by atoms with Gasteiger partial charge in [-0.15, -0.1) is 0 Å². The fourth-order valence-electron chi connectivity index (χ4n) is 1.82. The number of carbonyl (C=O) groups excluding carboxylic acids is 1. The van der Waals surface area contributed by atoms with Crippen molar-refractivity contribution in [1.82, 2.24) is 4.98 Å². The van der Waals surface area contributed by atoms with Crippen LogP contribution in [0, 0.1) is 0 Å². The second-order valence-electron chi connectivity index (χ2n) is 3.93. The molecule has 1 aromatic rings. The van der Waals surface area contributed by atoms with Crippen molar-refractivity contribution in [3.05, 3.63) is 23.9 Å². The molecule has 1 fully saturated rings. The molecule has 1 aliphatic carbocycles. The first-order valence-corrected chi connectivity index (χ1v) is 5.18. The number of primary amides is 1. The standard InChI is InChI=1S/C11H15N3O/c1-14(8-4-2-5-8)11-9(10(12)15)6-3-7-13-11/h3,6-8H,2,4-5H2,1H3,(H2,12,15). The highest BCUT2D eigenvalue weighted by molar-refractivity contribution is 5.97. The zero-order valence-corrected chi connectivity index (χ0v) is 8.81. The lowest BCUT2D eigenvalue weighted by molar-refractivity contribution is 0.100. The summed E-state index contributed by atoms with van der Waals surface area (Å²) in [4.78, 5) is 17.5. The highest BCUT2D eigenvalue weighted by Crippen LogP contribution is 2.28. The highest BCUT2D eigenvalue weighted by Gasteiger charge is 2.25. The summed E-state index contributed by atoms with van der Waals surface area (Å²) in [6.45, 7) is 0. The van der Waals surface area contributed by atoms with Crippen LogP contribution >= 0.6 is 0 Å². The van der Waals surface area contributed by atoms with E-state index >= 15 is 0 Å². The molecule has 2 N–H and O–H groups in total. The van der Waals surface area contributed by atoms with Crippen LogP contribution in [0.15, 0.2) is 18.3 Å². The summed E-state index contributed by atoms with van der Waals surface area (Å²) in [6, 6.07) is 3.97. The summed E-state index contributed by atoms with van der Waals surface area (Å²) >= 11 is 0. The lowest BCUT2D eigenvalue weighted by Gasteiger charge is -2.36. The van der Waals surface area contributed by atoms with E-state index in [0.717, 1.165) is 0 Å². The van der Waals surface area contributed by atoms with Gasteiger partial charge in [0.1, 0.15) is 5.82 Å². The first-order chi connectivity index (χ1) is 7.20. The van der Waals surface area contributed by atoms with Gasteiger partial charge in [-0.1, -0.05) is 0 Å². The topological polar surface area (TPSA) is 59.2 Å². The fourth-order valence-corrected chi connectivity index (χ4v) is 1.82. The van der Waals surface area contributed by atoms with Crippen molar-refractivity contribution in [1.29, 1.82) is 0 Å². The van der Waals surface area contributed by atoms with Crippen LogP contribution < -0.4 is 10.6 Å². The van der Waals surface area contributed by atoms with Crippen molar-refractivity contribution in [2.45, 2.75) is 25.3 Å². The van der Waals surface area contributed by atoms with Crippen molar-refractivity contribution in [2.24, 2.45) is 5.73 Å². The van der Waals surface area contributed by atoms with Crippen molar-refractivity contribution in [3.8, 4) is 0 Å². The smallest absolute Gasteiger partial charge is 0.252 e. The quantitative estimate of drug-likeness (QED) is 0.805. The van der Waals surface area contributed by atoms with Crippen LogP contribution in [0.5, 0.6) is 0 Å². The van der Waals surface area contributed by atoms with Gasteiger partial charge in [-0.3, -0.25) is 4.79 Å². The molecule has 0 aromatic carbocycles. The van der Waals surface area contributed by atoms with Crippen LogP contribution in [-0.2, 0) is 0 Å². The van der Waals surface area contributed by atoms with Crippen LogP contribution in [0.2, 0.25) is 0 Å². The van der Waals surface area contributed by atoms with Gasteiger partial charge in [0, 0.05) is 19.3 Å². The molecule has 0 spiro atoms. The maximum Gasteiger partial charge on any atom is 0.252 e. The minimum atomic E-state index is -0.413. The molecule has 1 aliphatic rings. The number of aromatic nitrogens is 1. The third-order valence-electron chi connectivity index (χ3n) is 3.01. The fraction of sp³-hybridized carbons (Fsp3) is 0.455. The van der Waals surface area contributed by atoms with Crippen molar-refractivity contribution in [2.75, 3.05) is 11.9 Å². The normalized spacial score (nSPS) is 15.8. The van der Waals surface area contributed by atoms with Crippen molar-refractivity contribution >= 4 is 11.7 Å². The Bertz CT molecular complexity index is 374. The molecule has 0 bridgehead atoms. The van der Waals surface area contributed by atoms with Gasteiger partial charge >= 0.3 is 0 Å². The van der Waals surface area contributed by atoms with E-state index in [2.05, 4.69) is 9.88 Å². The second-order valence-corrected chi connectivity index (χ2v) is 3.93. The molecule has 1 saturated carbocycles. The minimum Gasteiger partial charge on any atom is -0.365 e. The third-order valence-corrected chi connectivity index (χ3v) is 3.01. The molecular formula is C11H15N3O. The van der Waals surface area contributed by atoms with Crippen LogP contribution in [0.4, 0.5) is 5.82 Å². The lowest BCUT2D eigenvalue weighted by Crippen LogP contribution is -2.38. The molecular weight excluding hydrogens is 190 g/mol. The summed E-state index contributed by atoms with van der Waals surface area (Å²) in [7, 11) is 1.97. The number of nitrogens with two attached hydrogens (primary N) is 1. The summed E-state index contributed by atoms with van der Waals surface area (Å²) in [6.07, 6.45) is 5.29. The zero-order valence-electron chi connectivity index (χ0n) is 8.81. The zero-order chi connectivity index (χ0) is 10.8. The SMILES string of the molecule is CN(c1ncccc1C(N)=O)C1CCC1. The van der Waals surface area contributed by atoms with E-state index in [-0.39, 0.29) is 0 Å². The number of pyridine rings is 1. The van der Waals surface area contributed by atoms with Gasteiger partial charge < -0.3 is 10.6 Å². The molecule has 1 heterocycles. The van der Waals surface area contributed by atoms with Crippen LogP contribution in [0.25, 0.3) is 0 Å². The molecule has 1 aromatic heterocycles. The van der Waals surface area contributed by atoms with Gasteiger partial charge in [0.2, 0.25) is 0 Å². The Hall–Kier alpha value is -1.58. The Morgan fingerprint density at radius 2 is 2.33 bits per heavy atom. The molecule has 4 nitrogen and oxygen atoms in total. The number of amides is 1. The van der Waals surface area contributed by atoms with Gasteiger partial charge in [-0.2, -0.15) is 0 Å². The number of hydrogen-bond donors (Lipinski definition) is 1. The largest absolute Gasteiger partial charge is 0.365 e. The van der Waals surface area contributed by atoms with E-state index in [1.54, 1.807) is 18.3 Å². The van der Waals surface area contributed by atoms with E-state index in [1.807, 2.05) is 7.05 Å². The van der Waals surface area contributed by atoms with Crippen molar-refractivity contribution < 1.29 is 4.79 Å². The Morgan fingerprint density at radius 1 is 1.60 bits per heavy atom. The van der Waals surface area contributed by atoms with Crippen LogP contribution in [0.1, 0.15) is 29.6 Å². The maximum absolute atomic E-state index is 11.2.